The van der Waals surface area contributed by atoms with Gasteiger partial charge in [-0.05, 0) is 56.9 Å². The number of carbonyl (C=O) groups excluding carboxylic acids is 4. The molecule has 0 aliphatic heterocycles. The number of aromatic nitrogens is 1. The summed E-state index contributed by atoms with van der Waals surface area (Å²) in [7, 11) is 1.32. The molecule has 10 nitrogen and oxygen atoms in total. The molecule has 0 unspecified atom stereocenters. The van der Waals surface area contributed by atoms with Crippen molar-refractivity contribution in [2.75, 3.05) is 37.1 Å². The number of hydrogen-bond acceptors (Lipinski definition) is 10. The third-order valence-corrected chi connectivity index (χ3v) is 8.97. The number of thiophene rings is 1. The maximum Gasteiger partial charge on any atom is 0.341 e. The average Bonchev–Trinajstić information content (AvgIpc) is 3.57. The minimum atomic E-state index is -0.459. The molecule has 0 saturated heterocycles. The molecule has 2 heterocycles. The molecule has 2 amide bonds. The van der Waals surface area contributed by atoms with Gasteiger partial charge in [0.15, 0.2) is 4.80 Å². The molecule has 1 aromatic carbocycles. The van der Waals surface area contributed by atoms with Crippen molar-refractivity contribution in [3.05, 3.63) is 39.0 Å². The molecule has 0 bridgehead atoms. The van der Waals surface area contributed by atoms with E-state index >= 15 is 0 Å². The molecule has 0 spiro atoms. The molecular formula is C26H29N3O7S3. The molecule has 0 fully saturated rings. The minimum absolute atomic E-state index is 0.0113. The van der Waals surface area contributed by atoms with Crippen LogP contribution in [0.25, 0.3) is 10.2 Å². The number of thiazole rings is 1. The van der Waals surface area contributed by atoms with Crippen molar-refractivity contribution in [2.45, 2.75) is 39.7 Å². The molecule has 1 N–H and O–H groups in total. The van der Waals surface area contributed by atoms with Gasteiger partial charge < -0.3 is 24.1 Å². The second kappa shape index (κ2) is 13.3. The van der Waals surface area contributed by atoms with Gasteiger partial charge in [0.25, 0.3) is 5.91 Å². The van der Waals surface area contributed by atoms with Gasteiger partial charge in [0.05, 0.1) is 47.6 Å². The summed E-state index contributed by atoms with van der Waals surface area (Å²) in [4.78, 5) is 55.5. The summed E-state index contributed by atoms with van der Waals surface area (Å²) in [5, 5.41) is 3.30. The highest BCUT2D eigenvalue weighted by molar-refractivity contribution is 8.00. The van der Waals surface area contributed by atoms with Gasteiger partial charge in [-0.3, -0.25) is 14.4 Å². The Hall–Kier alpha value is -3.16. The van der Waals surface area contributed by atoms with Crippen LogP contribution in [0, 0.1) is 0 Å². The lowest BCUT2D eigenvalue weighted by molar-refractivity contribution is -0.143. The van der Waals surface area contributed by atoms with Gasteiger partial charge in [0.2, 0.25) is 5.91 Å². The van der Waals surface area contributed by atoms with E-state index in [9.17, 15) is 19.2 Å². The van der Waals surface area contributed by atoms with E-state index in [1.807, 2.05) is 19.1 Å². The number of aryl methyl sites for hydroxylation is 1. The first kappa shape index (κ1) is 28.8. The maximum absolute atomic E-state index is 12.7. The van der Waals surface area contributed by atoms with Crippen LogP contribution in [0.3, 0.4) is 0 Å². The molecule has 4 rings (SSSR count). The largest absolute Gasteiger partial charge is 0.494 e. The topological polar surface area (TPSA) is 125 Å². The number of methoxy groups -OCH3 is 1. The number of ether oxygens (including phenoxy) is 3. The Morgan fingerprint density at radius 3 is 2.67 bits per heavy atom. The first-order chi connectivity index (χ1) is 18.8. The third-order valence-electron chi connectivity index (χ3n) is 5.80. The van der Waals surface area contributed by atoms with Crippen LogP contribution in [0.1, 0.15) is 41.1 Å². The van der Waals surface area contributed by atoms with E-state index in [-0.39, 0.29) is 30.6 Å². The standard InChI is InChI=1S/C26H29N3O7S3/c1-4-35-15-9-10-17-19(11-15)39-26(29(17)12-22(32)36-5-2)28-21(31)14-37-13-20(30)27-24-23(25(33)34-3)16-7-6-8-18(16)38-24/h9-11H,4-8,12-14H2,1-3H3,(H,27,30). The van der Waals surface area contributed by atoms with Gasteiger partial charge in [-0.2, -0.15) is 4.99 Å². The molecule has 0 atom stereocenters. The number of amides is 2. The van der Waals surface area contributed by atoms with Crippen LogP contribution >= 0.6 is 34.4 Å². The van der Waals surface area contributed by atoms with Crippen molar-refractivity contribution >= 4 is 73.4 Å². The number of esters is 2. The number of rotatable bonds is 11. The Morgan fingerprint density at radius 2 is 1.92 bits per heavy atom. The van der Waals surface area contributed by atoms with Crippen molar-refractivity contribution in [3.8, 4) is 5.75 Å². The number of thioether (sulfide) groups is 1. The average molecular weight is 592 g/mol. The molecular weight excluding hydrogens is 563 g/mol. The Kier molecular flexibility index (Phi) is 9.81. The molecule has 208 valence electrons. The molecule has 0 saturated carbocycles. The third kappa shape index (κ3) is 6.89. The van der Waals surface area contributed by atoms with Crippen molar-refractivity contribution < 1.29 is 33.4 Å². The normalized spacial score (nSPS) is 12.8. The van der Waals surface area contributed by atoms with Gasteiger partial charge in [0, 0.05) is 4.88 Å². The summed E-state index contributed by atoms with van der Waals surface area (Å²) in [6.07, 6.45) is 2.65. The molecule has 3 aromatic rings. The Labute approximate surface area is 237 Å². The van der Waals surface area contributed by atoms with E-state index in [1.54, 1.807) is 17.6 Å². The van der Waals surface area contributed by atoms with Crippen LogP contribution in [0.4, 0.5) is 5.00 Å². The van der Waals surface area contributed by atoms with Gasteiger partial charge in [0.1, 0.15) is 17.3 Å². The Bertz CT molecular complexity index is 1470. The van der Waals surface area contributed by atoms with E-state index < -0.39 is 17.8 Å². The van der Waals surface area contributed by atoms with Crippen LogP contribution in [-0.2, 0) is 43.2 Å². The van der Waals surface area contributed by atoms with Gasteiger partial charge in [-0.25, -0.2) is 4.79 Å². The number of nitrogens with one attached hydrogen (secondary N) is 1. The van der Waals surface area contributed by atoms with Crippen LogP contribution in [0.2, 0.25) is 0 Å². The van der Waals surface area contributed by atoms with Crippen molar-refractivity contribution in [1.82, 2.24) is 4.57 Å². The van der Waals surface area contributed by atoms with Crippen LogP contribution in [0.5, 0.6) is 5.75 Å². The predicted octanol–water partition coefficient (Wildman–Crippen LogP) is 3.80. The van der Waals surface area contributed by atoms with E-state index in [1.165, 1.54) is 29.8 Å². The van der Waals surface area contributed by atoms with Crippen molar-refractivity contribution in [1.29, 1.82) is 0 Å². The SMILES string of the molecule is CCOC(=O)Cn1c(=NC(=O)CSCC(=O)Nc2sc3c(c2C(=O)OC)CCC3)sc2cc(OCC)ccc21. The van der Waals surface area contributed by atoms with E-state index in [2.05, 4.69) is 10.3 Å². The summed E-state index contributed by atoms with van der Waals surface area (Å²) < 4.78 is 18.0. The monoisotopic (exact) mass is 591 g/mol. The quantitative estimate of drug-likeness (QED) is 0.334. The molecule has 1 aliphatic rings. The molecule has 1 aliphatic carbocycles. The second-order valence-corrected chi connectivity index (χ2v) is 11.5. The van der Waals surface area contributed by atoms with E-state index in [4.69, 9.17) is 14.2 Å². The Balaban J connectivity index is 1.44. The summed E-state index contributed by atoms with van der Waals surface area (Å²) in [6, 6.07) is 5.46. The number of benzene rings is 1. The fourth-order valence-electron chi connectivity index (χ4n) is 4.23. The van der Waals surface area contributed by atoms with Gasteiger partial charge in [-0.15, -0.1) is 23.1 Å². The lowest BCUT2D eigenvalue weighted by atomic mass is 10.1. The zero-order valence-electron chi connectivity index (χ0n) is 21.9. The van der Waals surface area contributed by atoms with Gasteiger partial charge in [-0.1, -0.05) is 11.3 Å². The summed E-state index contributed by atoms with van der Waals surface area (Å²) in [5.41, 5.74) is 2.12. The van der Waals surface area contributed by atoms with E-state index in [0.717, 1.165) is 51.7 Å². The summed E-state index contributed by atoms with van der Waals surface area (Å²) in [6.45, 7) is 4.29. The van der Waals surface area contributed by atoms with Gasteiger partial charge >= 0.3 is 11.9 Å². The fourth-order valence-corrected chi connectivity index (χ4v) is 7.19. The molecule has 13 heteroatoms. The van der Waals surface area contributed by atoms with E-state index in [0.29, 0.717) is 27.7 Å². The highest BCUT2D eigenvalue weighted by Crippen LogP contribution is 2.39. The smallest absolute Gasteiger partial charge is 0.341 e. The zero-order chi connectivity index (χ0) is 27.9. The molecule has 0 radical (unpaired) electrons. The maximum atomic E-state index is 12.7. The number of fused-ring (bicyclic) bond motifs is 2. The number of carbonyl (C=O) groups is 4. The molecule has 39 heavy (non-hydrogen) atoms. The minimum Gasteiger partial charge on any atom is -0.494 e. The number of anilines is 1. The van der Waals surface area contributed by atoms with Crippen LogP contribution in [-0.4, -0.2) is 60.1 Å². The lowest BCUT2D eigenvalue weighted by Crippen LogP contribution is -2.23. The predicted molar refractivity (Wildman–Crippen MR) is 152 cm³/mol. The number of nitrogens with zero attached hydrogens (tertiary/aromatic N) is 2. The summed E-state index contributed by atoms with van der Waals surface area (Å²) >= 11 is 3.79. The molecule has 2 aromatic heterocycles. The van der Waals surface area contributed by atoms with Crippen molar-refractivity contribution in [2.24, 2.45) is 4.99 Å². The summed E-state index contributed by atoms with van der Waals surface area (Å²) in [5.74, 6) is -0.989. The van der Waals surface area contributed by atoms with Crippen molar-refractivity contribution in [3.63, 3.8) is 0 Å². The Morgan fingerprint density at radius 1 is 1.10 bits per heavy atom. The highest BCUT2D eigenvalue weighted by Gasteiger charge is 2.28. The lowest BCUT2D eigenvalue weighted by Gasteiger charge is -2.07. The first-order valence-corrected chi connectivity index (χ1v) is 15.2. The van der Waals surface area contributed by atoms with Crippen LogP contribution in [0.15, 0.2) is 23.2 Å². The number of hydrogen-bond donors (Lipinski definition) is 1. The second-order valence-electron chi connectivity index (χ2n) is 8.44. The zero-order valence-corrected chi connectivity index (χ0v) is 24.3. The highest BCUT2D eigenvalue weighted by atomic mass is 32.2. The first-order valence-electron chi connectivity index (χ1n) is 12.4. The van der Waals surface area contributed by atoms with Crippen LogP contribution < -0.4 is 14.9 Å². The fraction of sp³-hybridized carbons (Fsp3) is 0.423.